The summed E-state index contributed by atoms with van der Waals surface area (Å²) in [6, 6.07) is 0. The fourth-order valence-electron chi connectivity index (χ4n) is 1.42. The van der Waals surface area contributed by atoms with Gasteiger partial charge in [0.1, 0.15) is 0 Å². The molecule has 0 aromatic carbocycles. The van der Waals surface area contributed by atoms with E-state index in [0.717, 1.165) is 6.42 Å². The Bertz CT molecular complexity index is 294. The average Bonchev–Trinajstić information content (AvgIpc) is 2.66. The van der Waals surface area contributed by atoms with Gasteiger partial charge in [-0.1, -0.05) is 11.6 Å². The largest absolute Gasteiger partial charge is 0.125 e. The zero-order valence-electron chi connectivity index (χ0n) is 6.85. The molecule has 0 nitrogen and oxygen atoms in total. The van der Waals surface area contributed by atoms with Gasteiger partial charge in [-0.15, -0.1) is 5.73 Å². The lowest BCUT2D eigenvalue weighted by Gasteiger charge is -1.83. The molecule has 0 radical (unpaired) electrons. The van der Waals surface area contributed by atoms with Crippen molar-refractivity contribution in [3.8, 4) is 0 Å². The summed E-state index contributed by atoms with van der Waals surface area (Å²) in [5.41, 5.74) is 7.72. The van der Waals surface area contributed by atoms with Crippen LogP contribution in [-0.2, 0) is 0 Å². The Labute approximate surface area is 67.6 Å². The first-order valence-corrected chi connectivity index (χ1v) is 4.16. The second-order valence-corrected chi connectivity index (χ2v) is 3.25. The van der Waals surface area contributed by atoms with E-state index in [9.17, 15) is 0 Å². The number of hydrogen-bond donors (Lipinski definition) is 0. The van der Waals surface area contributed by atoms with Gasteiger partial charge in [0, 0.05) is 0 Å². The second-order valence-electron chi connectivity index (χ2n) is 3.25. The topological polar surface area (TPSA) is 0 Å². The van der Waals surface area contributed by atoms with Crippen LogP contribution in [0, 0.1) is 0 Å². The van der Waals surface area contributed by atoms with Gasteiger partial charge >= 0.3 is 0 Å². The molecule has 0 saturated carbocycles. The van der Waals surface area contributed by atoms with Gasteiger partial charge in [0.05, 0.1) is 0 Å². The summed E-state index contributed by atoms with van der Waals surface area (Å²) in [6.07, 6.45) is 10.1. The predicted octanol–water partition coefficient (Wildman–Crippen LogP) is 3.14. The number of hydrogen-bond acceptors (Lipinski definition) is 0. The zero-order valence-corrected chi connectivity index (χ0v) is 6.85. The van der Waals surface area contributed by atoms with E-state index in [1.54, 1.807) is 11.1 Å². The molecule has 2 aliphatic carbocycles. The summed E-state index contributed by atoms with van der Waals surface area (Å²) in [6.45, 7) is 2.13. The maximum atomic E-state index is 3.17. The fourth-order valence-corrected chi connectivity index (χ4v) is 1.42. The first-order valence-electron chi connectivity index (χ1n) is 4.16. The third kappa shape index (κ3) is 1.53. The molecule has 0 aromatic rings. The Hall–Kier alpha value is -1.00. The minimum atomic E-state index is 1.16. The van der Waals surface area contributed by atoms with Crippen LogP contribution in [-0.4, -0.2) is 0 Å². The van der Waals surface area contributed by atoms with E-state index >= 15 is 0 Å². The van der Waals surface area contributed by atoms with Gasteiger partial charge < -0.3 is 0 Å². The molecule has 0 atom stereocenters. The lowest BCUT2D eigenvalue weighted by molar-refractivity contribution is 1.01. The quantitative estimate of drug-likeness (QED) is 0.458. The van der Waals surface area contributed by atoms with Crippen molar-refractivity contribution < 1.29 is 0 Å². The van der Waals surface area contributed by atoms with Crippen molar-refractivity contribution in [2.45, 2.75) is 26.2 Å². The lowest BCUT2D eigenvalue weighted by atomic mass is 10.2. The molecule has 2 rings (SSSR count). The van der Waals surface area contributed by atoms with Crippen LogP contribution in [0.15, 0.2) is 40.7 Å². The zero-order chi connectivity index (χ0) is 7.68. The Kier molecular flexibility index (Phi) is 1.56. The van der Waals surface area contributed by atoms with Crippen molar-refractivity contribution in [3.05, 3.63) is 40.7 Å². The Balaban J connectivity index is 2.28. The molecule has 0 amide bonds. The minimum Gasteiger partial charge on any atom is -0.125 e. The van der Waals surface area contributed by atoms with E-state index in [-0.39, 0.29) is 0 Å². The van der Waals surface area contributed by atoms with Crippen molar-refractivity contribution >= 4 is 0 Å². The number of rotatable bonds is 0. The number of allylic oxidation sites excluding steroid dienone is 5. The first kappa shape index (κ1) is 6.69. The van der Waals surface area contributed by atoms with Crippen LogP contribution < -0.4 is 0 Å². The van der Waals surface area contributed by atoms with Crippen LogP contribution in [0.3, 0.4) is 0 Å². The van der Waals surface area contributed by atoms with Gasteiger partial charge in [-0.05, 0) is 49.5 Å². The van der Waals surface area contributed by atoms with E-state index < -0.39 is 0 Å². The van der Waals surface area contributed by atoms with Gasteiger partial charge in [-0.2, -0.15) is 0 Å². The summed E-state index contributed by atoms with van der Waals surface area (Å²) in [5, 5.41) is 0. The summed E-state index contributed by atoms with van der Waals surface area (Å²) in [4.78, 5) is 0. The molecule has 0 saturated heterocycles. The molecule has 0 heterocycles. The van der Waals surface area contributed by atoms with Gasteiger partial charge in [0.15, 0.2) is 0 Å². The third-order valence-electron chi connectivity index (χ3n) is 2.15. The molecule has 0 fully saturated rings. The second kappa shape index (κ2) is 2.56. The maximum Gasteiger partial charge on any atom is -0.00613 e. The molecular weight excluding hydrogens is 132 g/mol. The SMILES string of the molecule is CC1=CC2=C(CCC=C=C1)C2. The van der Waals surface area contributed by atoms with E-state index in [0.29, 0.717) is 0 Å². The normalized spacial score (nSPS) is 21.7. The van der Waals surface area contributed by atoms with Crippen LogP contribution in [0.25, 0.3) is 0 Å². The smallest absolute Gasteiger partial charge is 0.00613 e. The monoisotopic (exact) mass is 144 g/mol. The standard InChI is InChI=1S/C11H12/c1-9-5-3-2-4-6-10-8-11(10)7-9/h2,5,7H,4,6,8H2,1H3. The van der Waals surface area contributed by atoms with Gasteiger partial charge in [0.25, 0.3) is 0 Å². The molecular formula is C11H12. The van der Waals surface area contributed by atoms with Crippen LogP contribution in [0.4, 0.5) is 0 Å². The highest BCUT2D eigenvalue weighted by Gasteiger charge is 2.17. The van der Waals surface area contributed by atoms with Crippen LogP contribution in [0.1, 0.15) is 26.2 Å². The molecule has 0 spiro atoms. The van der Waals surface area contributed by atoms with Crippen LogP contribution >= 0.6 is 0 Å². The first-order chi connectivity index (χ1) is 5.36. The minimum absolute atomic E-state index is 1.16. The summed E-state index contributed by atoms with van der Waals surface area (Å²) >= 11 is 0. The highest BCUT2D eigenvalue weighted by Crippen LogP contribution is 2.36. The van der Waals surface area contributed by atoms with E-state index in [1.165, 1.54) is 18.4 Å². The van der Waals surface area contributed by atoms with Crippen molar-refractivity contribution in [1.29, 1.82) is 0 Å². The Morgan fingerprint density at radius 1 is 1.45 bits per heavy atom. The molecule has 0 bridgehead atoms. The fraction of sp³-hybridized carbons (Fsp3) is 0.364. The highest BCUT2D eigenvalue weighted by atomic mass is 14.2. The predicted molar refractivity (Wildman–Crippen MR) is 47.3 cm³/mol. The molecule has 56 valence electrons. The third-order valence-corrected chi connectivity index (χ3v) is 2.15. The molecule has 11 heavy (non-hydrogen) atoms. The van der Waals surface area contributed by atoms with Crippen molar-refractivity contribution in [2.75, 3.05) is 0 Å². The molecule has 0 unspecified atom stereocenters. The average molecular weight is 144 g/mol. The Morgan fingerprint density at radius 3 is 3.27 bits per heavy atom. The summed E-state index contributed by atoms with van der Waals surface area (Å²) in [7, 11) is 0. The Morgan fingerprint density at radius 2 is 2.36 bits per heavy atom. The highest BCUT2D eigenvalue weighted by molar-refractivity contribution is 5.46. The van der Waals surface area contributed by atoms with Crippen LogP contribution in [0.2, 0.25) is 0 Å². The van der Waals surface area contributed by atoms with E-state index in [2.05, 4.69) is 30.9 Å². The molecule has 0 aliphatic heterocycles. The molecule has 0 aromatic heterocycles. The van der Waals surface area contributed by atoms with Gasteiger partial charge in [0.2, 0.25) is 0 Å². The summed E-state index contributed by atoms with van der Waals surface area (Å²) < 4.78 is 0. The van der Waals surface area contributed by atoms with Crippen molar-refractivity contribution in [1.82, 2.24) is 0 Å². The molecule has 2 aliphatic rings. The molecule has 0 N–H and O–H groups in total. The van der Waals surface area contributed by atoms with E-state index in [1.807, 2.05) is 0 Å². The van der Waals surface area contributed by atoms with Crippen molar-refractivity contribution in [2.24, 2.45) is 0 Å². The van der Waals surface area contributed by atoms with Crippen molar-refractivity contribution in [3.63, 3.8) is 0 Å². The van der Waals surface area contributed by atoms with Crippen LogP contribution in [0.5, 0.6) is 0 Å². The van der Waals surface area contributed by atoms with Gasteiger partial charge in [-0.25, -0.2) is 0 Å². The van der Waals surface area contributed by atoms with Gasteiger partial charge in [-0.3, -0.25) is 0 Å². The lowest BCUT2D eigenvalue weighted by Crippen LogP contribution is -1.64. The summed E-state index contributed by atoms with van der Waals surface area (Å²) in [5.74, 6) is 0. The van der Waals surface area contributed by atoms with E-state index in [4.69, 9.17) is 0 Å². The molecule has 0 heteroatoms. The maximum absolute atomic E-state index is 3.17.